The third-order valence-corrected chi connectivity index (χ3v) is 4.86. The van der Waals surface area contributed by atoms with E-state index in [-0.39, 0.29) is 11.8 Å². The van der Waals surface area contributed by atoms with Crippen molar-refractivity contribution in [3.8, 4) is 0 Å². The number of carbonyl (C=O) groups is 2. The van der Waals surface area contributed by atoms with Crippen molar-refractivity contribution in [2.24, 2.45) is 5.92 Å². The molecular weight excluding hydrogens is 372 g/mol. The molecule has 1 fully saturated rings. The number of hydrogen-bond acceptors (Lipinski definition) is 3. The minimum atomic E-state index is -0.0561. The first-order valence-electron chi connectivity index (χ1n) is 7.99. The highest BCUT2D eigenvalue weighted by Gasteiger charge is 2.24. The highest BCUT2D eigenvalue weighted by Crippen LogP contribution is 2.19. The third-order valence-electron chi connectivity index (χ3n) is 4.33. The summed E-state index contributed by atoms with van der Waals surface area (Å²) in [6.45, 7) is 2.06. The van der Waals surface area contributed by atoms with E-state index >= 15 is 0 Å². The van der Waals surface area contributed by atoms with Crippen molar-refractivity contribution < 1.29 is 14.0 Å². The van der Waals surface area contributed by atoms with E-state index < -0.39 is 0 Å². The molecule has 24 heavy (non-hydrogen) atoms. The van der Waals surface area contributed by atoms with Crippen molar-refractivity contribution in [3.63, 3.8) is 0 Å². The number of rotatable bonds is 4. The predicted molar refractivity (Wildman–Crippen MR) is 93.8 cm³/mol. The van der Waals surface area contributed by atoms with Crippen molar-refractivity contribution >= 4 is 27.7 Å². The van der Waals surface area contributed by atoms with Crippen LogP contribution in [0.5, 0.6) is 0 Å². The van der Waals surface area contributed by atoms with E-state index in [4.69, 9.17) is 4.42 Å². The van der Waals surface area contributed by atoms with Crippen LogP contribution in [0.3, 0.4) is 0 Å². The topological polar surface area (TPSA) is 62.6 Å². The van der Waals surface area contributed by atoms with Crippen LogP contribution in [0.1, 0.15) is 33.6 Å². The van der Waals surface area contributed by atoms with Crippen molar-refractivity contribution in [3.05, 3.63) is 58.5 Å². The third kappa shape index (κ3) is 4.06. The van der Waals surface area contributed by atoms with E-state index in [9.17, 15) is 9.59 Å². The van der Waals surface area contributed by atoms with Gasteiger partial charge in [0.15, 0.2) is 0 Å². The molecule has 2 heterocycles. The molecular formula is C18H19BrN2O3. The largest absolute Gasteiger partial charge is 0.472 e. The van der Waals surface area contributed by atoms with E-state index in [1.807, 2.05) is 17.0 Å². The fourth-order valence-corrected chi connectivity index (χ4v) is 3.11. The minimum Gasteiger partial charge on any atom is -0.472 e. The smallest absolute Gasteiger partial charge is 0.257 e. The summed E-state index contributed by atoms with van der Waals surface area (Å²) in [7, 11) is 0. The first-order valence-corrected chi connectivity index (χ1v) is 8.78. The van der Waals surface area contributed by atoms with Gasteiger partial charge in [0.25, 0.3) is 11.8 Å². The maximum atomic E-state index is 12.2. The monoisotopic (exact) mass is 390 g/mol. The van der Waals surface area contributed by atoms with Crippen LogP contribution in [0.15, 0.2) is 51.7 Å². The molecule has 0 bridgehead atoms. The summed E-state index contributed by atoms with van der Waals surface area (Å²) in [6.07, 6.45) is 4.78. The van der Waals surface area contributed by atoms with Crippen LogP contribution in [-0.4, -0.2) is 36.3 Å². The molecule has 1 aliphatic rings. The first kappa shape index (κ1) is 16.8. The van der Waals surface area contributed by atoms with Crippen LogP contribution in [0.25, 0.3) is 0 Å². The summed E-state index contributed by atoms with van der Waals surface area (Å²) in [5, 5.41) is 2.99. The van der Waals surface area contributed by atoms with Crippen molar-refractivity contribution in [2.75, 3.05) is 19.6 Å². The van der Waals surface area contributed by atoms with Gasteiger partial charge in [0.2, 0.25) is 0 Å². The van der Waals surface area contributed by atoms with Crippen LogP contribution < -0.4 is 5.32 Å². The average Bonchev–Trinajstić information content (AvgIpc) is 3.15. The number of nitrogens with zero attached hydrogens (tertiary/aromatic N) is 1. The molecule has 126 valence electrons. The Hall–Kier alpha value is -2.08. The van der Waals surface area contributed by atoms with Gasteiger partial charge in [-0.1, -0.05) is 15.9 Å². The zero-order valence-electron chi connectivity index (χ0n) is 13.2. The van der Waals surface area contributed by atoms with Crippen LogP contribution in [0.4, 0.5) is 0 Å². The highest BCUT2D eigenvalue weighted by atomic mass is 79.9. The van der Waals surface area contributed by atoms with Gasteiger partial charge in [0, 0.05) is 29.7 Å². The second kappa shape index (κ2) is 7.66. The van der Waals surface area contributed by atoms with E-state index in [1.54, 1.807) is 18.2 Å². The summed E-state index contributed by atoms with van der Waals surface area (Å²) in [6, 6.07) is 8.99. The zero-order chi connectivity index (χ0) is 16.9. The molecule has 5 nitrogen and oxygen atoms in total. The Balaban J connectivity index is 1.45. The molecule has 2 amide bonds. The Morgan fingerprint density at radius 3 is 2.46 bits per heavy atom. The van der Waals surface area contributed by atoms with Gasteiger partial charge < -0.3 is 14.6 Å². The van der Waals surface area contributed by atoms with E-state index in [0.29, 0.717) is 36.7 Å². The number of halogens is 1. The van der Waals surface area contributed by atoms with Crippen LogP contribution in [0, 0.1) is 5.92 Å². The van der Waals surface area contributed by atoms with Gasteiger partial charge in [-0.25, -0.2) is 0 Å². The van der Waals surface area contributed by atoms with E-state index in [2.05, 4.69) is 21.2 Å². The summed E-state index contributed by atoms with van der Waals surface area (Å²) in [5.74, 6) is 0.360. The Morgan fingerprint density at radius 2 is 1.83 bits per heavy atom. The average molecular weight is 391 g/mol. The molecule has 1 aromatic carbocycles. The van der Waals surface area contributed by atoms with Crippen molar-refractivity contribution in [2.45, 2.75) is 12.8 Å². The van der Waals surface area contributed by atoms with Gasteiger partial charge in [-0.2, -0.15) is 0 Å². The normalized spacial score (nSPS) is 15.3. The minimum absolute atomic E-state index is 0.0149. The quantitative estimate of drug-likeness (QED) is 0.870. The fraction of sp³-hybridized carbons (Fsp3) is 0.333. The molecule has 2 aromatic rings. The maximum absolute atomic E-state index is 12.2. The maximum Gasteiger partial charge on any atom is 0.257 e. The molecule has 0 unspecified atom stereocenters. The summed E-state index contributed by atoms with van der Waals surface area (Å²) in [5.41, 5.74) is 1.25. The lowest BCUT2D eigenvalue weighted by molar-refractivity contribution is 0.0683. The van der Waals surface area contributed by atoms with Crippen LogP contribution in [-0.2, 0) is 0 Å². The lowest BCUT2D eigenvalue weighted by atomic mass is 9.96. The number of piperidine rings is 1. The molecule has 0 spiro atoms. The fourth-order valence-electron chi connectivity index (χ4n) is 2.85. The Bertz CT molecular complexity index is 690. The second-order valence-electron chi connectivity index (χ2n) is 5.96. The molecule has 3 rings (SSSR count). The number of nitrogens with one attached hydrogen (secondary N) is 1. The van der Waals surface area contributed by atoms with Gasteiger partial charge >= 0.3 is 0 Å². The molecule has 1 N–H and O–H groups in total. The zero-order valence-corrected chi connectivity index (χ0v) is 14.8. The Kier molecular flexibility index (Phi) is 5.35. The van der Waals surface area contributed by atoms with Crippen molar-refractivity contribution in [1.82, 2.24) is 10.2 Å². The van der Waals surface area contributed by atoms with Gasteiger partial charge in [-0.3, -0.25) is 9.59 Å². The van der Waals surface area contributed by atoms with Gasteiger partial charge in [0.05, 0.1) is 11.8 Å². The second-order valence-corrected chi connectivity index (χ2v) is 6.88. The molecule has 1 aromatic heterocycles. The van der Waals surface area contributed by atoms with Gasteiger partial charge in [0.1, 0.15) is 6.26 Å². The highest BCUT2D eigenvalue weighted by molar-refractivity contribution is 9.10. The Morgan fingerprint density at radius 1 is 1.12 bits per heavy atom. The number of carbonyl (C=O) groups excluding carboxylic acids is 2. The Labute approximate surface area is 149 Å². The van der Waals surface area contributed by atoms with Gasteiger partial charge in [-0.15, -0.1) is 0 Å². The van der Waals surface area contributed by atoms with Crippen molar-refractivity contribution in [1.29, 1.82) is 0 Å². The molecule has 0 aliphatic carbocycles. The summed E-state index contributed by atoms with van der Waals surface area (Å²) >= 11 is 3.36. The number of benzene rings is 1. The molecule has 0 saturated carbocycles. The van der Waals surface area contributed by atoms with Crippen LogP contribution in [0.2, 0.25) is 0 Å². The lowest BCUT2D eigenvalue weighted by Gasteiger charge is -2.31. The van der Waals surface area contributed by atoms with E-state index in [1.165, 1.54) is 12.5 Å². The van der Waals surface area contributed by atoms with Crippen LogP contribution >= 0.6 is 15.9 Å². The van der Waals surface area contributed by atoms with E-state index in [0.717, 1.165) is 17.3 Å². The molecule has 0 radical (unpaired) electrons. The van der Waals surface area contributed by atoms with Gasteiger partial charge in [-0.05, 0) is 49.1 Å². The predicted octanol–water partition coefficient (Wildman–Crippen LogP) is 3.32. The number of amides is 2. The summed E-state index contributed by atoms with van der Waals surface area (Å²) < 4.78 is 5.92. The molecule has 0 atom stereocenters. The number of hydrogen-bond donors (Lipinski definition) is 1. The lowest BCUT2D eigenvalue weighted by Crippen LogP contribution is -2.41. The standard InChI is InChI=1S/C18H19BrN2O3/c19-16-3-1-14(2-4-16)17(22)20-11-13-5-8-21(9-6-13)18(23)15-7-10-24-12-15/h1-4,7,10,12-13H,5-6,8-9,11H2,(H,20,22). The molecule has 1 aliphatic heterocycles. The SMILES string of the molecule is O=C(NCC1CCN(C(=O)c2ccoc2)CC1)c1ccc(Br)cc1. The first-order chi connectivity index (χ1) is 11.6. The number of furan rings is 1. The summed E-state index contributed by atoms with van der Waals surface area (Å²) in [4.78, 5) is 26.2. The molecule has 6 heteroatoms. The number of likely N-dealkylation sites (tertiary alicyclic amines) is 1. The molecule has 1 saturated heterocycles.